The number of ether oxygens (including phenoxy) is 1. The number of aryl methyl sites for hydroxylation is 2. The van der Waals surface area contributed by atoms with E-state index in [4.69, 9.17) is 4.74 Å². The second kappa shape index (κ2) is 13.2. The molecule has 3 nitrogen and oxygen atoms in total. The number of hydrogen-bond donors (Lipinski definition) is 1. The average molecular weight is 499 g/mol. The summed E-state index contributed by atoms with van der Waals surface area (Å²) in [6.45, 7) is 6.28. The molecule has 36 heavy (non-hydrogen) atoms. The van der Waals surface area contributed by atoms with Crippen molar-refractivity contribution < 1.29 is 28.1 Å². The Bertz CT molecular complexity index is 1120. The van der Waals surface area contributed by atoms with Crippen LogP contribution < -0.4 is 9.62 Å². The molecule has 0 heterocycles. The van der Waals surface area contributed by atoms with Crippen molar-refractivity contribution in [3.63, 3.8) is 0 Å². The monoisotopic (exact) mass is 498 g/mol. The molecule has 3 aromatic carbocycles. The van der Waals surface area contributed by atoms with Crippen molar-refractivity contribution in [1.29, 1.82) is 0 Å². The minimum atomic E-state index is -4.06. The third kappa shape index (κ3) is 8.16. The Morgan fingerprint density at radius 2 is 1.58 bits per heavy atom. The number of halogens is 3. The summed E-state index contributed by atoms with van der Waals surface area (Å²) in [4.78, 5) is 4.51. The highest BCUT2D eigenvalue weighted by atomic mass is 19.4. The van der Waals surface area contributed by atoms with E-state index in [1.54, 1.807) is 18.2 Å². The fourth-order valence-electron chi connectivity index (χ4n) is 4.17. The molecular weight excluding hydrogens is 465 g/mol. The molecule has 0 aliphatic rings. The minimum absolute atomic E-state index is 0.184. The largest absolute Gasteiger partial charge is 0.493 e. The number of rotatable bonds is 13. The molecule has 0 radical (unpaired) electrons. The van der Waals surface area contributed by atoms with Gasteiger partial charge in [-0.15, -0.1) is 6.58 Å². The number of hydrogen-bond acceptors (Lipinski definition) is 3. The van der Waals surface area contributed by atoms with Gasteiger partial charge in [0.1, 0.15) is 5.75 Å². The van der Waals surface area contributed by atoms with Crippen molar-refractivity contribution >= 4 is 0 Å². The average Bonchev–Trinajstić information content (AvgIpc) is 2.87. The van der Waals surface area contributed by atoms with E-state index in [0.29, 0.717) is 30.9 Å². The van der Waals surface area contributed by atoms with Crippen LogP contribution in [0.2, 0.25) is 0 Å². The lowest BCUT2D eigenvalue weighted by Crippen LogP contribution is -2.06. The van der Waals surface area contributed by atoms with Gasteiger partial charge in [0.05, 0.1) is 6.61 Å². The molecule has 3 rings (SSSR count). The molecule has 3 aromatic rings. The van der Waals surface area contributed by atoms with E-state index < -0.39 is 12.6 Å². The molecule has 0 spiro atoms. The zero-order valence-electron chi connectivity index (χ0n) is 20.6. The number of alkyl halides is 3. The topological polar surface area (TPSA) is 38.7 Å². The summed E-state index contributed by atoms with van der Waals surface area (Å²) in [5.41, 5.74) is 6.36. The van der Waals surface area contributed by atoms with E-state index in [-0.39, 0.29) is 6.42 Å². The van der Waals surface area contributed by atoms with Crippen LogP contribution in [0.1, 0.15) is 50.2 Å². The minimum Gasteiger partial charge on any atom is -0.493 e. The van der Waals surface area contributed by atoms with Crippen molar-refractivity contribution in [3.8, 4) is 33.8 Å². The van der Waals surface area contributed by atoms with Crippen molar-refractivity contribution in [2.45, 2.75) is 58.0 Å². The maximum Gasteiger partial charge on any atom is 0.389 e. The summed E-state index contributed by atoms with van der Waals surface area (Å²) in [5.74, 6) is 0.916. The third-order valence-corrected chi connectivity index (χ3v) is 6.09. The van der Waals surface area contributed by atoms with Gasteiger partial charge in [0, 0.05) is 12.5 Å². The summed E-state index contributed by atoms with van der Waals surface area (Å²) >= 11 is 0. The highest BCUT2D eigenvalue weighted by molar-refractivity contribution is 5.75. The Labute approximate surface area is 211 Å². The fraction of sp³-hybridized carbons (Fsp3) is 0.333. The molecule has 1 N–H and O–H groups in total. The summed E-state index contributed by atoms with van der Waals surface area (Å²) in [6.07, 6.45) is 0.829. The van der Waals surface area contributed by atoms with Crippen LogP contribution in [0.15, 0.2) is 73.3 Å². The highest BCUT2D eigenvalue weighted by Gasteiger charge is 2.25. The van der Waals surface area contributed by atoms with Crippen LogP contribution >= 0.6 is 0 Å². The van der Waals surface area contributed by atoms with Gasteiger partial charge >= 0.3 is 6.18 Å². The Morgan fingerprint density at radius 3 is 2.25 bits per heavy atom. The van der Waals surface area contributed by atoms with Crippen LogP contribution in [0.3, 0.4) is 0 Å². The van der Waals surface area contributed by atoms with E-state index in [9.17, 15) is 18.4 Å². The SMILES string of the molecule is C=CCCOc1cc(OO)cc(-c2ccc(-c3ccc(CCCCCC(F)(F)F)cc3)cc2CC)c1. The molecule has 192 valence electrons. The van der Waals surface area contributed by atoms with Crippen LogP contribution in [-0.4, -0.2) is 18.0 Å². The molecule has 0 bridgehead atoms. The Hall–Kier alpha value is -3.25. The summed E-state index contributed by atoms with van der Waals surface area (Å²) in [6, 6.07) is 19.9. The quantitative estimate of drug-likeness (QED) is 0.111. The van der Waals surface area contributed by atoms with E-state index in [2.05, 4.69) is 48.7 Å². The van der Waals surface area contributed by atoms with Crippen molar-refractivity contribution in [1.82, 2.24) is 0 Å². The second-order valence-corrected chi connectivity index (χ2v) is 8.81. The first kappa shape index (κ1) is 27.3. The van der Waals surface area contributed by atoms with Crippen molar-refractivity contribution in [2.75, 3.05) is 6.61 Å². The van der Waals surface area contributed by atoms with Gasteiger partial charge in [-0.3, -0.25) is 0 Å². The van der Waals surface area contributed by atoms with Gasteiger partial charge in [-0.2, -0.15) is 13.2 Å². The van der Waals surface area contributed by atoms with Gasteiger partial charge in [0.25, 0.3) is 0 Å². The van der Waals surface area contributed by atoms with Gasteiger partial charge in [0.2, 0.25) is 0 Å². The van der Waals surface area contributed by atoms with E-state index in [0.717, 1.165) is 52.6 Å². The van der Waals surface area contributed by atoms with Gasteiger partial charge in [0.15, 0.2) is 5.75 Å². The molecule has 0 atom stereocenters. The molecule has 0 fully saturated rings. The molecule has 0 unspecified atom stereocenters. The lowest BCUT2D eigenvalue weighted by Gasteiger charge is -2.14. The van der Waals surface area contributed by atoms with Gasteiger partial charge in [-0.25, -0.2) is 5.26 Å². The van der Waals surface area contributed by atoms with Crippen molar-refractivity contribution in [3.05, 3.63) is 84.4 Å². The molecule has 6 heteroatoms. The zero-order valence-corrected chi connectivity index (χ0v) is 20.6. The maximum atomic E-state index is 12.3. The smallest absolute Gasteiger partial charge is 0.389 e. The van der Waals surface area contributed by atoms with E-state index >= 15 is 0 Å². The Kier molecular flexibility index (Phi) is 10.00. The first-order valence-electron chi connectivity index (χ1n) is 12.3. The lowest BCUT2D eigenvalue weighted by molar-refractivity contribution is -0.137. The third-order valence-electron chi connectivity index (χ3n) is 6.09. The molecule has 0 aromatic heterocycles. The molecule has 0 aliphatic heterocycles. The maximum absolute atomic E-state index is 12.3. The number of unbranched alkanes of at least 4 members (excludes halogenated alkanes) is 2. The van der Waals surface area contributed by atoms with Crippen molar-refractivity contribution in [2.24, 2.45) is 0 Å². The van der Waals surface area contributed by atoms with Crippen LogP contribution in [0.4, 0.5) is 13.2 Å². The lowest BCUT2D eigenvalue weighted by atomic mass is 9.93. The number of benzene rings is 3. The first-order chi connectivity index (χ1) is 17.3. The normalized spacial score (nSPS) is 11.4. The van der Waals surface area contributed by atoms with Crippen LogP contribution in [-0.2, 0) is 12.8 Å². The van der Waals surface area contributed by atoms with Crippen LogP contribution in [0.5, 0.6) is 11.5 Å². The highest BCUT2D eigenvalue weighted by Crippen LogP contribution is 2.34. The fourth-order valence-corrected chi connectivity index (χ4v) is 4.17. The summed E-state index contributed by atoms with van der Waals surface area (Å²) < 4.78 is 42.6. The zero-order chi connectivity index (χ0) is 26.0. The standard InChI is InChI=1S/C30H33F3O3/c1-3-5-17-35-27-19-26(20-28(21-27)36-34)29-15-14-25(18-23(29)4-2)24-12-10-22(11-13-24)9-7-6-8-16-30(31,32)33/h3,10-15,18-21,34H,1,4-9,16-17H2,2H3. The summed E-state index contributed by atoms with van der Waals surface area (Å²) in [5, 5.41) is 9.24. The first-order valence-corrected chi connectivity index (χ1v) is 12.3. The predicted molar refractivity (Wildman–Crippen MR) is 138 cm³/mol. The molecule has 0 saturated carbocycles. The molecular formula is C30H33F3O3. The van der Waals surface area contributed by atoms with Gasteiger partial charge in [-0.05, 0) is 77.6 Å². The molecule has 0 aliphatic carbocycles. The van der Waals surface area contributed by atoms with E-state index in [1.165, 1.54) is 0 Å². The van der Waals surface area contributed by atoms with Gasteiger partial charge < -0.3 is 9.62 Å². The van der Waals surface area contributed by atoms with E-state index in [1.807, 2.05) is 18.2 Å². The molecule has 0 saturated heterocycles. The van der Waals surface area contributed by atoms with Crippen LogP contribution in [0, 0.1) is 0 Å². The Morgan fingerprint density at radius 1 is 0.861 bits per heavy atom. The van der Waals surface area contributed by atoms with Gasteiger partial charge in [-0.1, -0.05) is 61.9 Å². The second-order valence-electron chi connectivity index (χ2n) is 8.81. The Balaban J connectivity index is 1.72. The van der Waals surface area contributed by atoms with Crippen LogP contribution in [0.25, 0.3) is 22.3 Å². The molecule has 0 amide bonds. The predicted octanol–water partition coefficient (Wildman–Crippen LogP) is 9.05. The summed E-state index contributed by atoms with van der Waals surface area (Å²) in [7, 11) is 0.